The van der Waals surface area contributed by atoms with Gasteiger partial charge in [0.05, 0.1) is 16.7 Å². The zero-order valence-corrected chi connectivity index (χ0v) is 13.9. The summed E-state index contributed by atoms with van der Waals surface area (Å²) in [6, 6.07) is 1.86. The Balaban J connectivity index is 1.84. The highest BCUT2D eigenvalue weighted by Crippen LogP contribution is 2.47. The zero-order chi connectivity index (χ0) is 17.6. The van der Waals surface area contributed by atoms with Crippen molar-refractivity contribution in [2.75, 3.05) is 12.4 Å². The summed E-state index contributed by atoms with van der Waals surface area (Å²) in [6.45, 7) is 0. The fourth-order valence-corrected chi connectivity index (χ4v) is 3.03. The third kappa shape index (κ3) is 2.62. The Kier molecular flexibility index (Phi) is 3.46. The number of hydrogen-bond donors (Lipinski definition) is 2. The van der Waals surface area contributed by atoms with E-state index in [1.807, 2.05) is 6.07 Å². The number of amides is 1. The molecule has 0 aliphatic heterocycles. The predicted octanol–water partition coefficient (Wildman–Crippen LogP) is 1.52. The van der Waals surface area contributed by atoms with Crippen LogP contribution in [0.2, 0.25) is 0 Å². The lowest BCUT2D eigenvalue weighted by Gasteiger charge is -2.13. The normalized spacial score (nSPS) is 17.5. The van der Waals surface area contributed by atoms with E-state index in [0.29, 0.717) is 29.9 Å². The van der Waals surface area contributed by atoms with E-state index in [-0.39, 0.29) is 17.6 Å². The lowest BCUT2D eigenvalue weighted by atomic mass is 9.98. The molecule has 25 heavy (non-hydrogen) atoms. The van der Waals surface area contributed by atoms with Crippen molar-refractivity contribution in [3.05, 3.63) is 29.7 Å². The first-order chi connectivity index (χ1) is 12.0. The number of nitrogens with two attached hydrogens (primary N) is 1. The minimum atomic E-state index is -0.661. The van der Waals surface area contributed by atoms with Crippen molar-refractivity contribution in [3.8, 4) is 11.8 Å². The molecule has 0 aromatic carbocycles. The fourth-order valence-electron chi connectivity index (χ4n) is 3.03. The smallest absolute Gasteiger partial charge is 0.229 e. The van der Waals surface area contributed by atoms with Gasteiger partial charge in [0.2, 0.25) is 11.7 Å². The molecule has 2 aliphatic rings. The summed E-state index contributed by atoms with van der Waals surface area (Å²) in [6.07, 6.45) is 6.63. The highest BCUT2D eigenvalue weighted by Gasteiger charge is 2.51. The zero-order valence-electron chi connectivity index (χ0n) is 13.9. The number of anilines is 1. The molecule has 2 aromatic heterocycles. The van der Waals surface area contributed by atoms with Gasteiger partial charge in [-0.3, -0.25) is 14.6 Å². The number of carbonyl (C=O) groups excluding carboxylic acids is 2. The average molecular weight is 334 g/mol. The van der Waals surface area contributed by atoms with E-state index in [0.717, 1.165) is 23.6 Å². The maximum absolute atomic E-state index is 11.9. The van der Waals surface area contributed by atoms with Gasteiger partial charge in [0, 0.05) is 36.1 Å². The number of nitrogens with one attached hydrogen (secondary N) is 1. The summed E-state index contributed by atoms with van der Waals surface area (Å²) in [5.41, 5.74) is 6.23. The first-order valence-corrected chi connectivity index (χ1v) is 8.38. The fraction of sp³-hybridized carbons (Fsp3) is 0.368. The Morgan fingerprint density at radius 3 is 2.60 bits per heavy atom. The van der Waals surface area contributed by atoms with Crippen LogP contribution in [0.1, 0.15) is 36.9 Å². The van der Waals surface area contributed by atoms with Crippen molar-refractivity contribution >= 4 is 28.3 Å². The molecule has 126 valence electrons. The molecule has 0 radical (unpaired) electrons. The minimum absolute atomic E-state index is 0.0177. The van der Waals surface area contributed by atoms with Crippen molar-refractivity contribution in [2.45, 2.75) is 31.1 Å². The van der Waals surface area contributed by atoms with Crippen LogP contribution < -0.4 is 11.1 Å². The van der Waals surface area contributed by atoms with Gasteiger partial charge in [-0.1, -0.05) is 5.92 Å². The summed E-state index contributed by atoms with van der Waals surface area (Å²) in [4.78, 5) is 32.5. The molecule has 2 aliphatic carbocycles. The molecule has 6 nitrogen and oxygen atoms in total. The summed E-state index contributed by atoms with van der Waals surface area (Å²) >= 11 is 0. The highest BCUT2D eigenvalue weighted by molar-refractivity contribution is 6.01. The summed E-state index contributed by atoms with van der Waals surface area (Å²) in [5, 5.41) is 4.66. The van der Waals surface area contributed by atoms with E-state index in [1.54, 1.807) is 19.4 Å². The van der Waals surface area contributed by atoms with Gasteiger partial charge in [0.1, 0.15) is 5.82 Å². The van der Waals surface area contributed by atoms with Crippen LogP contribution in [0, 0.1) is 17.8 Å². The third-order valence-corrected chi connectivity index (χ3v) is 4.99. The van der Waals surface area contributed by atoms with E-state index in [2.05, 4.69) is 27.1 Å². The van der Waals surface area contributed by atoms with Crippen LogP contribution in [0.4, 0.5) is 5.82 Å². The molecule has 0 saturated heterocycles. The van der Waals surface area contributed by atoms with Crippen LogP contribution in [-0.4, -0.2) is 28.7 Å². The number of carbonyl (C=O) groups is 2. The Morgan fingerprint density at radius 1 is 1.24 bits per heavy atom. The van der Waals surface area contributed by atoms with Crippen molar-refractivity contribution in [3.63, 3.8) is 0 Å². The molecule has 2 heterocycles. The largest absolute Gasteiger partial charge is 0.373 e. The Hall–Kier alpha value is -2.94. The number of primary amides is 1. The molecular weight excluding hydrogens is 316 g/mol. The SMILES string of the molecule is CNc1ncc(C#CC(=O)C2CC2)c2cc(C3(C(N)=O)CC3)ncc12. The highest BCUT2D eigenvalue weighted by atomic mass is 16.1. The number of ketones is 1. The van der Waals surface area contributed by atoms with Crippen LogP contribution in [-0.2, 0) is 15.0 Å². The molecule has 6 heteroatoms. The summed E-state index contributed by atoms with van der Waals surface area (Å²) < 4.78 is 0. The van der Waals surface area contributed by atoms with E-state index in [1.165, 1.54) is 0 Å². The Morgan fingerprint density at radius 2 is 2.00 bits per heavy atom. The monoisotopic (exact) mass is 334 g/mol. The van der Waals surface area contributed by atoms with Crippen LogP contribution in [0.25, 0.3) is 10.8 Å². The van der Waals surface area contributed by atoms with Crippen LogP contribution >= 0.6 is 0 Å². The molecule has 2 fully saturated rings. The number of fused-ring (bicyclic) bond motifs is 1. The van der Waals surface area contributed by atoms with Gasteiger partial charge < -0.3 is 11.1 Å². The van der Waals surface area contributed by atoms with Gasteiger partial charge in [0.25, 0.3) is 0 Å². The van der Waals surface area contributed by atoms with Crippen LogP contribution in [0.5, 0.6) is 0 Å². The van der Waals surface area contributed by atoms with Crippen LogP contribution in [0.15, 0.2) is 18.5 Å². The molecule has 1 amide bonds. The molecule has 0 atom stereocenters. The average Bonchev–Trinajstić information content (AvgIpc) is 3.50. The number of pyridine rings is 2. The van der Waals surface area contributed by atoms with Gasteiger partial charge >= 0.3 is 0 Å². The first-order valence-electron chi connectivity index (χ1n) is 8.38. The standard InChI is InChI=1S/C19H18N4O2/c1-21-17-14-10-22-16(19(6-7-19)18(20)25)8-13(14)12(9-23-17)4-5-15(24)11-2-3-11/h8-11H,2-3,6-7H2,1H3,(H2,20,25)(H,21,23). The van der Waals surface area contributed by atoms with Gasteiger partial charge in [-0.15, -0.1) is 0 Å². The number of aromatic nitrogens is 2. The molecule has 2 saturated carbocycles. The second-order valence-corrected chi connectivity index (χ2v) is 6.72. The number of nitrogens with zero attached hydrogens (tertiary/aromatic N) is 2. The second kappa shape index (κ2) is 5.55. The van der Waals surface area contributed by atoms with E-state index < -0.39 is 5.41 Å². The number of Topliss-reactive ketones (excluding diaryl/α,β-unsaturated/α-hetero) is 1. The van der Waals surface area contributed by atoms with E-state index in [9.17, 15) is 9.59 Å². The van der Waals surface area contributed by atoms with E-state index in [4.69, 9.17) is 5.73 Å². The molecule has 0 bridgehead atoms. The maximum atomic E-state index is 11.9. The summed E-state index contributed by atoms with van der Waals surface area (Å²) in [7, 11) is 1.78. The predicted molar refractivity (Wildman–Crippen MR) is 93.8 cm³/mol. The maximum Gasteiger partial charge on any atom is 0.229 e. The third-order valence-electron chi connectivity index (χ3n) is 4.99. The molecule has 4 rings (SSSR count). The van der Waals surface area contributed by atoms with Gasteiger partial charge in [-0.2, -0.15) is 0 Å². The van der Waals surface area contributed by atoms with Gasteiger partial charge in [-0.25, -0.2) is 4.98 Å². The lowest BCUT2D eigenvalue weighted by Crippen LogP contribution is -2.29. The Bertz CT molecular complexity index is 963. The number of hydrogen-bond acceptors (Lipinski definition) is 5. The molecule has 3 N–H and O–H groups in total. The van der Waals surface area contributed by atoms with Crippen molar-refractivity contribution in [1.82, 2.24) is 9.97 Å². The number of rotatable bonds is 4. The second-order valence-electron chi connectivity index (χ2n) is 6.72. The lowest BCUT2D eigenvalue weighted by molar-refractivity contribution is -0.120. The van der Waals surface area contributed by atoms with Crippen molar-refractivity contribution in [1.29, 1.82) is 0 Å². The Labute approximate surface area is 145 Å². The quantitative estimate of drug-likeness (QED) is 0.826. The molecule has 0 spiro atoms. The van der Waals surface area contributed by atoms with E-state index >= 15 is 0 Å². The van der Waals surface area contributed by atoms with Gasteiger partial charge in [0.15, 0.2) is 0 Å². The first kappa shape index (κ1) is 15.6. The molecule has 2 aromatic rings. The van der Waals surface area contributed by atoms with Crippen molar-refractivity contribution in [2.24, 2.45) is 11.7 Å². The molecule has 0 unspecified atom stereocenters. The van der Waals surface area contributed by atoms with Crippen LogP contribution in [0.3, 0.4) is 0 Å². The van der Waals surface area contributed by atoms with Gasteiger partial charge in [-0.05, 0) is 37.7 Å². The summed E-state index contributed by atoms with van der Waals surface area (Å²) in [5.74, 6) is 6.09. The topological polar surface area (TPSA) is 98.0 Å². The molecular formula is C19H18N4O2. The van der Waals surface area contributed by atoms with Crippen molar-refractivity contribution < 1.29 is 9.59 Å². The minimum Gasteiger partial charge on any atom is -0.373 e.